The van der Waals surface area contributed by atoms with E-state index in [1.54, 1.807) is 6.07 Å². The standard InChI is InChI=1S/C22H20ClN3O2/c1-14-6-5-7-15(2)20(14)26-22(28)18-10-17(11-24-12-18)21(27)25-13-16-8-3-4-9-19(16)23/h3-12H,13H2,1-2H3,(H,25,27)(H,26,28). The van der Waals surface area contributed by atoms with Gasteiger partial charge in [0.05, 0.1) is 11.1 Å². The molecule has 142 valence electrons. The number of hydrogen-bond donors (Lipinski definition) is 2. The number of nitrogens with zero attached hydrogens (tertiary/aromatic N) is 1. The molecule has 0 bridgehead atoms. The normalized spacial score (nSPS) is 10.4. The number of anilines is 1. The lowest BCUT2D eigenvalue weighted by Gasteiger charge is -2.12. The molecule has 2 N–H and O–H groups in total. The molecule has 0 unspecified atom stereocenters. The molecule has 1 heterocycles. The molecule has 1 aromatic heterocycles. The van der Waals surface area contributed by atoms with Gasteiger partial charge in [0, 0.05) is 29.6 Å². The van der Waals surface area contributed by atoms with E-state index in [9.17, 15) is 9.59 Å². The van der Waals surface area contributed by atoms with Gasteiger partial charge in [-0.1, -0.05) is 48.0 Å². The van der Waals surface area contributed by atoms with E-state index in [1.807, 2.05) is 50.2 Å². The van der Waals surface area contributed by atoms with Crippen LogP contribution in [0.5, 0.6) is 0 Å². The second kappa shape index (κ2) is 8.67. The number of rotatable bonds is 5. The van der Waals surface area contributed by atoms with Crippen molar-refractivity contribution in [2.45, 2.75) is 20.4 Å². The number of aryl methyl sites for hydroxylation is 2. The Morgan fingerprint density at radius 3 is 2.25 bits per heavy atom. The van der Waals surface area contributed by atoms with Crippen molar-refractivity contribution in [1.29, 1.82) is 0 Å². The van der Waals surface area contributed by atoms with Crippen LogP contribution in [-0.4, -0.2) is 16.8 Å². The molecule has 2 amide bonds. The first-order chi connectivity index (χ1) is 13.5. The van der Waals surface area contributed by atoms with Crippen molar-refractivity contribution < 1.29 is 9.59 Å². The molecule has 0 atom stereocenters. The number of nitrogens with one attached hydrogen (secondary N) is 2. The maximum Gasteiger partial charge on any atom is 0.257 e. The van der Waals surface area contributed by atoms with Crippen molar-refractivity contribution in [1.82, 2.24) is 10.3 Å². The summed E-state index contributed by atoms with van der Waals surface area (Å²) in [5.74, 6) is -0.639. The predicted octanol–water partition coefficient (Wildman–Crippen LogP) is 4.53. The van der Waals surface area contributed by atoms with Crippen molar-refractivity contribution in [3.05, 3.63) is 93.8 Å². The van der Waals surface area contributed by atoms with Crippen molar-refractivity contribution in [2.75, 3.05) is 5.32 Å². The number of benzene rings is 2. The van der Waals surface area contributed by atoms with Crippen LogP contribution in [0, 0.1) is 13.8 Å². The predicted molar refractivity (Wildman–Crippen MR) is 111 cm³/mol. The number of carbonyl (C=O) groups excluding carboxylic acids is 2. The first-order valence-corrected chi connectivity index (χ1v) is 9.17. The van der Waals surface area contributed by atoms with Crippen LogP contribution >= 0.6 is 11.6 Å². The topological polar surface area (TPSA) is 71.1 Å². The molecule has 3 rings (SSSR count). The molecule has 0 aliphatic carbocycles. The Morgan fingerprint density at radius 1 is 0.929 bits per heavy atom. The van der Waals surface area contributed by atoms with Crippen LogP contribution in [0.25, 0.3) is 0 Å². The zero-order valence-corrected chi connectivity index (χ0v) is 16.4. The summed E-state index contributed by atoms with van der Waals surface area (Å²) in [5.41, 5.74) is 4.13. The first-order valence-electron chi connectivity index (χ1n) is 8.80. The number of hydrogen-bond acceptors (Lipinski definition) is 3. The highest BCUT2D eigenvalue weighted by Gasteiger charge is 2.13. The van der Waals surface area contributed by atoms with E-state index < -0.39 is 0 Å². The maximum atomic E-state index is 12.6. The maximum absolute atomic E-state index is 12.6. The quantitative estimate of drug-likeness (QED) is 0.668. The molecular weight excluding hydrogens is 374 g/mol. The van der Waals surface area contributed by atoms with Crippen molar-refractivity contribution >= 4 is 29.1 Å². The van der Waals surface area contributed by atoms with Crippen LogP contribution in [-0.2, 0) is 6.54 Å². The molecule has 0 spiro atoms. The number of halogens is 1. The molecular formula is C22H20ClN3O2. The van der Waals surface area contributed by atoms with Gasteiger partial charge in [0.1, 0.15) is 0 Å². The molecule has 0 aliphatic rings. The number of para-hydroxylation sites is 1. The molecule has 6 heteroatoms. The summed E-state index contributed by atoms with van der Waals surface area (Å²) in [6, 6.07) is 14.6. The summed E-state index contributed by atoms with van der Waals surface area (Å²) in [6.07, 6.45) is 2.87. The molecule has 28 heavy (non-hydrogen) atoms. The van der Waals surface area contributed by atoms with Crippen molar-refractivity contribution in [3.63, 3.8) is 0 Å². The second-order valence-corrected chi connectivity index (χ2v) is 6.86. The second-order valence-electron chi connectivity index (χ2n) is 6.46. The highest BCUT2D eigenvalue weighted by Crippen LogP contribution is 2.20. The van der Waals surface area contributed by atoms with Gasteiger partial charge in [-0.05, 0) is 42.7 Å². The average molecular weight is 394 g/mol. The van der Waals surface area contributed by atoms with E-state index in [0.717, 1.165) is 22.4 Å². The van der Waals surface area contributed by atoms with E-state index in [2.05, 4.69) is 15.6 Å². The number of carbonyl (C=O) groups is 2. The monoisotopic (exact) mass is 393 g/mol. The third-order valence-corrected chi connectivity index (χ3v) is 4.75. The Balaban J connectivity index is 1.72. The van der Waals surface area contributed by atoms with E-state index in [0.29, 0.717) is 16.1 Å². The molecule has 0 saturated heterocycles. The van der Waals surface area contributed by atoms with Crippen molar-refractivity contribution in [2.24, 2.45) is 0 Å². The van der Waals surface area contributed by atoms with Gasteiger partial charge < -0.3 is 10.6 Å². The van der Waals surface area contributed by atoms with Gasteiger partial charge in [0.2, 0.25) is 0 Å². The summed E-state index contributed by atoms with van der Waals surface area (Å²) in [7, 11) is 0. The van der Waals surface area contributed by atoms with Crippen LogP contribution in [0.15, 0.2) is 60.9 Å². The lowest BCUT2D eigenvalue weighted by molar-refractivity contribution is 0.0950. The molecule has 0 saturated carbocycles. The van der Waals surface area contributed by atoms with Gasteiger partial charge in [-0.25, -0.2) is 0 Å². The third kappa shape index (κ3) is 4.56. The largest absolute Gasteiger partial charge is 0.348 e. The molecule has 5 nitrogen and oxygen atoms in total. The molecule has 0 radical (unpaired) electrons. The molecule has 3 aromatic rings. The van der Waals surface area contributed by atoms with E-state index in [4.69, 9.17) is 11.6 Å². The summed E-state index contributed by atoms with van der Waals surface area (Å²) >= 11 is 6.11. The number of aromatic nitrogens is 1. The Bertz CT molecular complexity index is 1010. The Hall–Kier alpha value is -3.18. The SMILES string of the molecule is Cc1cccc(C)c1NC(=O)c1cncc(C(=O)NCc2ccccc2Cl)c1. The molecule has 0 aliphatic heterocycles. The van der Waals surface area contributed by atoms with Gasteiger partial charge in [0.15, 0.2) is 0 Å². The van der Waals surface area contributed by atoms with Gasteiger partial charge in [-0.3, -0.25) is 14.6 Å². The van der Waals surface area contributed by atoms with Crippen LogP contribution < -0.4 is 10.6 Å². The third-order valence-electron chi connectivity index (χ3n) is 4.38. The van der Waals surface area contributed by atoms with Crippen LogP contribution in [0.2, 0.25) is 5.02 Å². The minimum atomic E-state index is -0.325. The van der Waals surface area contributed by atoms with Crippen LogP contribution in [0.1, 0.15) is 37.4 Å². The lowest BCUT2D eigenvalue weighted by Crippen LogP contribution is -2.24. The summed E-state index contributed by atoms with van der Waals surface area (Å²) in [4.78, 5) is 29.1. The van der Waals surface area contributed by atoms with Gasteiger partial charge in [0.25, 0.3) is 11.8 Å². The summed E-state index contributed by atoms with van der Waals surface area (Å²) in [5, 5.41) is 6.28. The van der Waals surface area contributed by atoms with Gasteiger partial charge >= 0.3 is 0 Å². The smallest absolute Gasteiger partial charge is 0.257 e. The highest BCUT2D eigenvalue weighted by molar-refractivity contribution is 6.31. The Labute approximate surface area is 168 Å². The summed E-state index contributed by atoms with van der Waals surface area (Å²) < 4.78 is 0. The lowest BCUT2D eigenvalue weighted by atomic mass is 10.1. The van der Waals surface area contributed by atoms with E-state index in [-0.39, 0.29) is 18.4 Å². The zero-order chi connectivity index (χ0) is 20.1. The van der Waals surface area contributed by atoms with Crippen LogP contribution in [0.3, 0.4) is 0 Å². The molecule has 2 aromatic carbocycles. The fourth-order valence-corrected chi connectivity index (χ4v) is 3.01. The Morgan fingerprint density at radius 2 is 1.57 bits per heavy atom. The van der Waals surface area contributed by atoms with Crippen LogP contribution in [0.4, 0.5) is 5.69 Å². The average Bonchev–Trinajstić information content (AvgIpc) is 2.70. The zero-order valence-electron chi connectivity index (χ0n) is 15.6. The first kappa shape index (κ1) is 19.6. The van der Waals surface area contributed by atoms with Gasteiger partial charge in [-0.15, -0.1) is 0 Å². The Kier molecular flexibility index (Phi) is 6.06. The summed E-state index contributed by atoms with van der Waals surface area (Å²) in [6.45, 7) is 4.15. The minimum Gasteiger partial charge on any atom is -0.348 e. The minimum absolute atomic E-state index is 0.289. The fraction of sp³-hybridized carbons (Fsp3) is 0.136. The van der Waals surface area contributed by atoms with Gasteiger partial charge in [-0.2, -0.15) is 0 Å². The van der Waals surface area contributed by atoms with E-state index in [1.165, 1.54) is 18.5 Å². The fourth-order valence-electron chi connectivity index (χ4n) is 2.80. The number of amides is 2. The highest BCUT2D eigenvalue weighted by atomic mass is 35.5. The molecule has 0 fully saturated rings. The van der Waals surface area contributed by atoms with Crippen molar-refractivity contribution in [3.8, 4) is 0 Å². The van der Waals surface area contributed by atoms with E-state index >= 15 is 0 Å². The number of pyridine rings is 1.